The monoisotopic (exact) mass is 370 g/mol. The molecule has 2 aromatic heterocycles. The lowest BCUT2D eigenvalue weighted by Crippen LogP contribution is -2.46. The summed E-state index contributed by atoms with van der Waals surface area (Å²) in [5.41, 5.74) is 0.606. The first kappa shape index (κ1) is 17.6. The number of nitrogens with zero attached hydrogens (tertiary/aromatic N) is 4. The van der Waals surface area contributed by atoms with Gasteiger partial charge in [-0.3, -0.25) is 9.78 Å². The fourth-order valence-corrected chi connectivity index (χ4v) is 4.34. The van der Waals surface area contributed by atoms with Crippen molar-refractivity contribution in [1.29, 1.82) is 0 Å². The van der Waals surface area contributed by atoms with Crippen molar-refractivity contribution in [2.24, 2.45) is 5.92 Å². The highest BCUT2D eigenvalue weighted by Gasteiger charge is 2.47. The van der Waals surface area contributed by atoms with E-state index < -0.39 is 12.0 Å². The van der Waals surface area contributed by atoms with E-state index in [1.807, 2.05) is 6.07 Å². The molecule has 0 aromatic carbocycles. The summed E-state index contributed by atoms with van der Waals surface area (Å²) in [6, 6.07) is 4.76. The van der Waals surface area contributed by atoms with Crippen molar-refractivity contribution in [3.63, 3.8) is 0 Å². The highest BCUT2D eigenvalue weighted by atomic mass is 16.5. The summed E-state index contributed by atoms with van der Waals surface area (Å²) in [4.78, 5) is 34.5. The molecule has 4 rings (SSSR count). The molecular formula is C19H22N4O4. The van der Waals surface area contributed by atoms with E-state index in [0.717, 1.165) is 25.7 Å². The van der Waals surface area contributed by atoms with E-state index in [0.29, 0.717) is 36.2 Å². The zero-order chi connectivity index (χ0) is 18.8. The maximum absolute atomic E-state index is 12.8. The molecule has 2 aliphatic rings. The summed E-state index contributed by atoms with van der Waals surface area (Å²) in [5.74, 6) is -0.00410. The standard InChI is InChI=1S/C19H22N4O4/c24-17(23-14-7-2-1-5-12(14)11-15(23)19(25)26)9-8-16-21-18(22-27-16)13-6-3-4-10-20-13/h3-4,6,10,12,14-15H,1-2,5,7-9,11H2,(H,25,26)/t12-,14+,15+/m1/s1. The topological polar surface area (TPSA) is 109 Å². The number of aryl methyl sites for hydroxylation is 1. The molecule has 1 aliphatic carbocycles. The molecule has 1 saturated carbocycles. The van der Waals surface area contributed by atoms with Crippen molar-refractivity contribution in [1.82, 2.24) is 20.0 Å². The second-order valence-electron chi connectivity index (χ2n) is 7.23. The Hall–Kier alpha value is -2.77. The number of rotatable bonds is 5. The quantitative estimate of drug-likeness (QED) is 0.860. The van der Waals surface area contributed by atoms with Gasteiger partial charge in [0.05, 0.1) is 0 Å². The number of hydrogen-bond acceptors (Lipinski definition) is 6. The van der Waals surface area contributed by atoms with Crippen LogP contribution in [0.2, 0.25) is 0 Å². The predicted octanol–water partition coefficient (Wildman–Crippen LogP) is 2.31. The Morgan fingerprint density at radius 3 is 2.89 bits per heavy atom. The predicted molar refractivity (Wildman–Crippen MR) is 94.5 cm³/mol. The van der Waals surface area contributed by atoms with Crippen LogP contribution in [0.25, 0.3) is 11.5 Å². The first-order valence-electron chi connectivity index (χ1n) is 9.41. The van der Waals surface area contributed by atoms with Crippen LogP contribution < -0.4 is 0 Å². The zero-order valence-corrected chi connectivity index (χ0v) is 15.0. The molecular weight excluding hydrogens is 348 g/mol. The first-order valence-corrected chi connectivity index (χ1v) is 9.41. The molecule has 3 atom stereocenters. The molecule has 2 aromatic rings. The van der Waals surface area contributed by atoms with Crippen LogP contribution in [0.15, 0.2) is 28.9 Å². The minimum absolute atomic E-state index is 0.0547. The van der Waals surface area contributed by atoms with Crippen molar-refractivity contribution >= 4 is 11.9 Å². The maximum Gasteiger partial charge on any atom is 0.326 e. The van der Waals surface area contributed by atoms with E-state index in [4.69, 9.17) is 4.52 Å². The third-order valence-corrected chi connectivity index (χ3v) is 5.58. The average Bonchev–Trinajstić information content (AvgIpc) is 3.32. The Bertz CT molecular complexity index is 822. The van der Waals surface area contributed by atoms with Gasteiger partial charge in [-0.2, -0.15) is 4.98 Å². The molecule has 142 valence electrons. The molecule has 2 fully saturated rings. The van der Waals surface area contributed by atoms with Gasteiger partial charge in [-0.15, -0.1) is 0 Å². The summed E-state index contributed by atoms with van der Waals surface area (Å²) < 4.78 is 5.22. The highest BCUT2D eigenvalue weighted by molar-refractivity contribution is 5.84. The van der Waals surface area contributed by atoms with Crippen LogP contribution in [0.3, 0.4) is 0 Å². The number of hydrogen-bond donors (Lipinski definition) is 1. The second kappa shape index (κ2) is 7.46. The number of amides is 1. The average molecular weight is 370 g/mol. The van der Waals surface area contributed by atoms with Crippen molar-refractivity contribution in [2.45, 2.75) is 57.0 Å². The molecule has 1 aliphatic heterocycles. The Morgan fingerprint density at radius 1 is 1.26 bits per heavy atom. The third-order valence-electron chi connectivity index (χ3n) is 5.58. The van der Waals surface area contributed by atoms with Crippen molar-refractivity contribution < 1.29 is 19.2 Å². The van der Waals surface area contributed by atoms with Crippen LogP contribution >= 0.6 is 0 Å². The van der Waals surface area contributed by atoms with Gasteiger partial charge in [0.25, 0.3) is 0 Å². The molecule has 8 nitrogen and oxygen atoms in total. The number of carboxylic acid groups (broad SMARTS) is 1. The van der Waals surface area contributed by atoms with Crippen LogP contribution in [-0.4, -0.2) is 49.1 Å². The van der Waals surface area contributed by atoms with Crippen LogP contribution in [0, 0.1) is 5.92 Å². The van der Waals surface area contributed by atoms with E-state index >= 15 is 0 Å². The van der Waals surface area contributed by atoms with Gasteiger partial charge in [-0.05, 0) is 37.3 Å². The van der Waals surface area contributed by atoms with E-state index in [9.17, 15) is 14.7 Å². The van der Waals surface area contributed by atoms with Gasteiger partial charge in [0, 0.05) is 25.1 Å². The van der Waals surface area contributed by atoms with Crippen molar-refractivity contribution in [2.75, 3.05) is 0 Å². The number of aliphatic carboxylic acids is 1. The first-order chi connectivity index (χ1) is 13.1. The van der Waals surface area contributed by atoms with E-state index in [1.165, 1.54) is 0 Å². The second-order valence-corrected chi connectivity index (χ2v) is 7.23. The number of likely N-dealkylation sites (tertiary alicyclic amines) is 1. The van der Waals surface area contributed by atoms with Gasteiger partial charge in [-0.1, -0.05) is 24.1 Å². The molecule has 27 heavy (non-hydrogen) atoms. The van der Waals surface area contributed by atoms with Gasteiger partial charge in [0.2, 0.25) is 17.6 Å². The maximum atomic E-state index is 12.8. The molecule has 0 unspecified atom stereocenters. The molecule has 0 radical (unpaired) electrons. The fourth-order valence-electron chi connectivity index (χ4n) is 4.34. The Morgan fingerprint density at radius 2 is 2.11 bits per heavy atom. The van der Waals surface area contributed by atoms with Gasteiger partial charge >= 0.3 is 5.97 Å². The summed E-state index contributed by atoms with van der Waals surface area (Å²) in [7, 11) is 0. The van der Waals surface area contributed by atoms with Gasteiger partial charge in [0.15, 0.2) is 0 Å². The van der Waals surface area contributed by atoms with Crippen LogP contribution in [0.5, 0.6) is 0 Å². The summed E-state index contributed by atoms with van der Waals surface area (Å²) in [6.45, 7) is 0. The van der Waals surface area contributed by atoms with E-state index in [2.05, 4.69) is 15.1 Å². The minimum atomic E-state index is -0.909. The van der Waals surface area contributed by atoms with Crippen molar-refractivity contribution in [3.8, 4) is 11.5 Å². The lowest BCUT2D eigenvalue weighted by atomic mass is 9.84. The fraction of sp³-hybridized carbons (Fsp3) is 0.526. The number of aromatic nitrogens is 3. The summed E-state index contributed by atoms with van der Waals surface area (Å²) in [6.07, 6.45) is 6.74. The molecule has 1 amide bonds. The Balaban J connectivity index is 1.42. The Labute approximate surface area is 156 Å². The normalized spacial score (nSPS) is 24.6. The number of fused-ring (bicyclic) bond motifs is 1. The minimum Gasteiger partial charge on any atom is -0.480 e. The van der Waals surface area contributed by atoms with E-state index in [1.54, 1.807) is 23.2 Å². The number of pyridine rings is 1. The van der Waals surface area contributed by atoms with E-state index in [-0.39, 0.29) is 18.4 Å². The molecule has 3 heterocycles. The third kappa shape index (κ3) is 3.56. The van der Waals surface area contributed by atoms with Crippen LogP contribution in [0.4, 0.5) is 0 Å². The van der Waals surface area contributed by atoms with Crippen LogP contribution in [0.1, 0.15) is 44.4 Å². The zero-order valence-electron chi connectivity index (χ0n) is 15.0. The highest BCUT2D eigenvalue weighted by Crippen LogP contribution is 2.40. The largest absolute Gasteiger partial charge is 0.480 e. The molecule has 0 spiro atoms. The molecule has 1 saturated heterocycles. The Kier molecular flexibility index (Phi) is 4.87. The van der Waals surface area contributed by atoms with Crippen molar-refractivity contribution in [3.05, 3.63) is 30.3 Å². The molecule has 1 N–H and O–H groups in total. The van der Waals surface area contributed by atoms with Gasteiger partial charge in [-0.25, -0.2) is 4.79 Å². The lowest BCUT2D eigenvalue weighted by molar-refractivity contribution is -0.149. The van der Waals surface area contributed by atoms with Gasteiger partial charge < -0.3 is 14.5 Å². The van der Waals surface area contributed by atoms with Gasteiger partial charge in [0.1, 0.15) is 11.7 Å². The molecule has 0 bridgehead atoms. The SMILES string of the molecule is O=C(O)[C@@H]1C[C@H]2CCCC[C@@H]2N1C(=O)CCc1nc(-c2ccccn2)no1. The lowest BCUT2D eigenvalue weighted by Gasteiger charge is -2.33. The number of carbonyl (C=O) groups excluding carboxylic acids is 1. The molecule has 8 heteroatoms. The summed E-state index contributed by atoms with van der Waals surface area (Å²) >= 11 is 0. The van der Waals surface area contributed by atoms with Crippen LogP contribution in [-0.2, 0) is 16.0 Å². The number of carboxylic acids is 1. The smallest absolute Gasteiger partial charge is 0.326 e. The summed E-state index contributed by atoms with van der Waals surface area (Å²) in [5, 5.41) is 13.5. The number of carbonyl (C=O) groups is 2.